The minimum Gasteiger partial charge on any atom is -0.459 e. The lowest BCUT2D eigenvalue weighted by Gasteiger charge is -2.45. The smallest absolute Gasteiger partial charge is 0.294 e. The van der Waals surface area contributed by atoms with Crippen LogP contribution in [-0.4, -0.2) is 67.6 Å². The van der Waals surface area contributed by atoms with Gasteiger partial charge in [-0.05, 0) is 122 Å². The first-order chi connectivity index (χ1) is 27.2. The first kappa shape index (κ1) is 39.9. The normalized spacial score (nSPS) is 17.1. The Kier molecular flexibility index (Phi) is 12.8. The van der Waals surface area contributed by atoms with Crippen molar-refractivity contribution in [1.29, 1.82) is 0 Å². The van der Waals surface area contributed by atoms with Gasteiger partial charge in [-0.15, -0.1) is 0 Å². The van der Waals surface area contributed by atoms with E-state index in [-0.39, 0.29) is 22.4 Å². The minimum atomic E-state index is -3.06. The largest absolute Gasteiger partial charge is 0.459 e. The molecule has 0 radical (unpaired) electrons. The summed E-state index contributed by atoms with van der Waals surface area (Å²) in [5, 5.41) is 1.94. The zero-order chi connectivity index (χ0) is 39.0. The van der Waals surface area contributed by atoms with Gasteiger partial charge >= 0.3 is 0 Å². The number of anilines is 1. The molecule has 294 valence electrons. The Labute approximate surface area is 336 Å². The summed E-state index contributed by atoms with van der Waals surface area (Å²) in [5.74, 6) is 0.335. The van der Waals surface area contributed by atoms with Crippen molar-refractivity contribution in [3.05, 3.63) is 151 Å². The molecule has 0 atom stereocenters. The lowest BCUT2D eigenvalue weighted by atomic mass is 9.71. The number of likely N-dealkylation sites (tertiary alicyclic amines) is 2. The van der Waals surface area contributed by atoms with Crippen molar-refractivity contribution >= 4 is 30.3 Å². The summed E-state index contributed by atoms with van der Waals surface area (Å²) in [6.45, 7) is 13.0. The van der Waals surface area contributed by atoms with Crippen LogP contribution in [0.3, 0.4) is 0 Å². The molecular formula is C49H61N3O3Si. The summed E-state index contributed by atoms with van der Waals surface area (Å²) in [5.41, 5.74) is 3.78. The van der Waals surface area contributed by atoms with Gasteiger partial charge in [0.2, 0.25) is 0 Å². The van der Waals surface area contributed by atoms with Gasteiger partial charge in [-0.1, -0.05) is 129 Å². The molecule has 1 N–H and O–H groups in total. The SMILES string of the molecule is Cc1ccc(N(C(=O)c2ccco2)C2CCN(CCC3(CCCC(C)(C)[Si](O)(c4ccccc4)c4ccccc4)CCN(Cc4ccccc4)CC3)CC2)cc1. The van der Waals surface area contributed by atoms with Crippen LogP contribution >= 0.6 is 0 Å². The summed E-state index contributed by atoms with van der Waals surface area (Å²) in [7, 11) is -3.06. The molecule has 3 heterocycles. The minimum absolute atomic E-state index is 0.0593. The molecule has 2 aliphatic rings. The topological polar surface area (TPSA) is 60.2 Å². The second-order valence-electron chi connectivity index (χ2n) is 17.3. The number of furan rings is 1. The van der Waals surface area contributed by atoms with E-state index in [0.29, 0.717) is 5.76 Å². The van der Waals surface area contributed by atoms with Gasteiger partial charge < -0.3 is 19.0 Å². The molecule has 6 nitrogen and oxygen atoms in total. The van der Waals surface area contributed by atoms with E-state index in [0.717, 1.165) is 81.0 Å². The van der Waals surface area contributed by atoms with Gasteiger partial charge in [-0.25, -0.2) is 0 Å². The van der Waals surface area contributed by atoms with Crippen LogP contribution in [0.25, 0.3) is 0 Å². The molecule has 2 saturated heterocycles. The molecule has 7 heteroatoms. The predicted molar refractivity (Wildman–Crippen MR) is 232 cm³/mol. The lowest BCUT2D eigenvalue weighted by molar-refractivity contribution is 0.0634. The fraction of sp³-hybridized carbons (Fsp3) is 0.408. The summed E-state index contributed by atoms with van der Waals surface area (Å²) >= 11 is 0. The maximum Gasteiger partial charge on any atom is 0.294 e. The van der Waals surface area contributed by atoms with Crippen molar-refractivity contribution in [2.24, 2.45) is 5.41 Å². The first-order valence-electron chi connectivity index (χ1n) is 20.9. The predicted octanol–water partition coefficient (Wildman–Crippen LogP) is 9.07. The zero-order valence-corrected chi connectivity index (χ0v) is 34.8. The molecule has 5 aromatic rings. The van der Waals surface area contributed by atoms with Crippen molar-refractivity contribution in [3.8, 4) is 0 Å². The monoisotopic (exact) mass is 767 g/mol. The Morgan fingerprint density at radius 2 is 1.36 bits per heavy atom. The standard InChI is InChI=1S/C49H61N3O3Si/c1-40-22-24-42(25-23-40)52(47(53)46-21-13-38-55-46)43-26-33-50(34-27-43)35-30-49(31-36-51(37-32-49)39-41-15-7-4-8-16-41)29-14-28-48(2,3)56(54,44-17-9-5-10-18-44)45-19-11-6-12-20-45/h4-13,15-25,38,43,54H,14,26-37,39H2,1-3H3. The summed E-state index contributed by atoms with van der Waals surface area (Å²) in [6.07, 6.45) is 10.3. The number of hydrogen-bond donors (Lipinski definition) is 1. The number of piperidine rings is 2. The van der Waals surface area contributed by atoms with Crippen LogP contribution in [0.5, 0.6) is 0 Å². The average Bonchev–Trinajstić information content (AvgIpc) is 3.78. The molecule has 0 saturated carbocycles. The molecule has 0 aliphatic carbocycles. The second-order valence-corrected chi connectivity index (χ2v) is 21.2. The maximum absolute atomic E-state index is 13.8. The molecule has 4 aromatic carbocycles. The Bertz CT molecular complexity index is 1900. The molecule has 2 aliphatic heterocycles. The number of aryl methyl sites for hydroxylation is 1. The van der Waals surface area contributed by atoms with E-state index in [1.165, 1.54) is 36.8 Å². The van der Waals surface area contributed by atoms with Crippen molar-refractivity contribution in [3.63, 3.8) is 0 Å². The molecule has 7 rings (SSSR count). The zero-order valence-electron chi connectivity index (χ0n) is 33.8. The summed E-state index contributed by atoms with van der Waals surface area (Å²) < 4.78 is 5.59. The number of carbonyl (C=O) groups excluding carboxylic acids is 1. The molecule has 2 fully saturated rings. The van der Waals surface area contributed by atoms with Crippen molar-refractivity contribution < 1.29 is 14.0 Å². The van der Waals surface area contributed by atoms with E-state index in [4.69, 9.17) is 4.42 Å². The van der Waals surface area contributed by atoms with Crippen molar-refractivity contribution in [1.82, 2.24) is 9.80 Å². The van der Waals surface area contributed by atoms with E-state index in [9.17, 15) is 9.59 Å². The highest BCUT2D eigenvalue weighted by Crippen LogP contribution is 2.45. The first-order valence-corrected chi connectivity index (χ1v) is 22.9. The summed E-state index contributed by atoms with van der Waals surface area (Å²) in [4.78, 5) is 33.9. The number of amides is 1. The summed E-state index contributed by atoms with van der Waals surface area (Å²) in [6, 6.07) is 43.9. The second kappa shape index (κ2) is 17.9. The highest BCUT2D eigenvalue weighted by molar-refractivity contribution is 6.98. The van der Waals surface area contributed by atoms with Gasteiger partial charge in [0, 0.05) is 31.4 Å². The van der Waals surface area contributed by atoms with E-state index in [2.05, 4.69) is 134 Å². The fourth-order valence-electron chi connectivity index (χ4n) is 9.56. The number of carbonyl (C=O) groups is 1. The van der Waals surface area contributed by atoms with Crippen LogP contribution in [0.2, 0.25) is 5.04 Å². The Morgan fingerprint density at radius 1 is 0.768 bits per heavy atom. The van der Waals surface area contributed by atoms with E-state index in [1.807, 2.05) is 17.0 Å². The fourth-order valence-corrected chi connectivity index (χ4v) is 13.3. The van der Waals surface area contributed by atoms with Crippen LogP contribution in [0.1, 0.15) is 86.9 Å². The average molecular weight is 768 g/mol. The van der Waals surface area contributed by atoms with Gasteiger partial charge in [-0.3, -0.25) is 9.69 Å². The third-order valence-corrected chi connectivity index (χ3v) is 17.7. The molecule has 1 amide bonds. The van der Waals surface area contributed by atoms with Gasteiger partial charge in [0.05, 0.1) is 6.26 Å². The highest BCUT2D eigenvalue weighted by atomic mass is 28.4. The highest BCUT2D eigenvalue weighted by Gasteiger charge is 2.50. The van der Waals surface area contributed by atoms with E-state index in [1.54, 1.807) is 18.4 Å². The molecule has 0 spiro atoms. The molecule has 1 aromatic heterocycles. The van der Waals surface area contributed by atoms with Crippen molar-refractivity contribution in [2.75, 3.05) is 37.6 Å². The Hall–Kier alpha value is -4.27. The Morgan fingerprint density at radius 3 is 1.93 bits per heavy atom. The number of nitrogens with zero attached hydrogens (tertiary/aromatic N) is 3. The van der Waals surface area contributed by atoms with Gasteiger partial charge in [0.15, 0.2) is 5.76 Å². The van der Waals surface area contributed by atoms with Gasteiger partial charge in [0.25, 0.3) is 14.2 Å². The number of benzene rings is 4. The van der Waals surface area contributed by atoms with Crippen LogP contribution in [-0.2, 0) is 6.54 Å². The van der Waals surface area contributed by atoms with Crippen LogP contribution in [0.15, 0.2) is 138 Å². The van der Waals surface area contributed by atoms with Crippen molar-refractivity contribution in [2.45, 2.75) is 89.8 Å². The maximum atomic E-state index is 13.8. The van der Waals surface area contributed by atoms with Crippen LogP contribution in [0.4, 0.5) is 5.69 Å². The van der Waals surface area contributed by atoms with Crippen LogP contribution in [0, 0.1) is 12.3 Å². The molecular weight excluding hydrogens is 707 g/mol. The molecule has 0 bridgehead atoms. The van der Waals surface area contributed by atoms with Gasteiger partial charge in [0.1, 0.15) is 0 Å². The molecule has 56 heavy (non-hydrogen) atoms. The van der Waals surface area contributed by atoms with Gasteiger partial charge in [-0.2, -0.15) is 0 Å². The molecule has 0 unspecified atom stereocenters. The lowest BCUT2D eigenvalue weighted by Crippen LogP contribution is -2.65. The number of hydrogen-bond acceptors (Lipinski definition) is 5. The van der Waals surface area contributed by atoms with Crippen LogP contribution < -0.4 is 15.3 Å². The third kappa shape index (κ3) is 9.13. The van der Waals surface area contributed by atoms with E-state index < -0.39 is 8.32 Å². The quantitative estimate of drug-likeness (QED) is 0.108. The third-order valence-electron chi connectivity index (χ3n) is 13.2. The van der Waals surface area contributed by atoms with E-state index >= 15 is 0 Å². The number of rotatable bonds is 15. The Balaban J connectivity index is 1.03.